The van der Waals surface area contributed by atoms with Crippen molar-refractivity contribution < 1.29 is 9.47 Å². The molecule has 4 heteroatoms. The largest absolute Gasteiger partial charge is 0.356 e. The molecule has 0 bridgehead atoms. The van der Waals surface area contributed by atoms with Crippen molar-refractivity contribution >= 4 is 27.3 Å². The van der Waals surface area contributed by atoms with E-state index in [4.69, 9.17) is 9.47 Å². The van der Waals surface area contributed by atoms with Crippen LogP contribution in [-0.4, -0.2) is 13.2 Å². The van der Waals surface area contributed by atoms with Crippen molar-refractivity contribution in [2.24, 2.45) is 0 Å². The standard InChI is InChI=1S/C17H21N.C9H9BrO2/c1-3-4-7-15-9-11-16(12-10-15)18-17-8-5-6-14(2)13-17;10-8-3-1-7(2-4-8)9-11-5-6-12-9/h5-6,8-13,18H,3-4,7H2,1-2H3;1-4,9H,5-6H2. The maximum absolute atomic E-state index is 5.34. The van der Waals surface area contributed by atoms with Crippen LogP contribution in [0.25, 0.3) is 0 Å². The second-order valence-electron chi connectivity index (χ2n) is 7.42. The second-order valence-corrected chi connectivity index (χ2v) is 8.34. The van der Waals surface area contributed by atoms with Gasteiger partial charge in [0.2, 0.25) is 0 Å². The van der Waals surface area contributed by atoms with Gasteiger partial charge in [-0.05, 0) is 67.3 Å². The Balaban J connectivity index is 0.000000184. The number of aryl methyl sites for hydroxylation is 2. The van der Waals surface area contributed by atoms with Crippen molar-refractivity contribution in [3.8, 4) is 0 Å². The molecule has 0 unspecified atom stereocenters. The van der Waals surface area contributed by atoms with Gasteiger partial charge in [0.25, 0.3) is 0 Å². The van der Waals surface area contributed by atoms with Gasteiger partial charge in [-0.1, -0.05) is 65.7 Å². The molecule has 158 valence electrons. The third-order valence-corrected chi connectivity index (χ3v) is 5.37. The molecule has 0 saturated carbocycles. The van der Waals surface area contributed by atoms with Crippen molar-refractivity contribution in [2.45, 2.75) is 39.4 Å². The van der Waals surface area contributed by atoms with Crippen molar-refractivity contribution in [3.63, 3.8) is 0 Å². The average Bonchev–Trinajstić information content (AvgIpc) is 3.29. The number of nitrogens with one attached hydrogen (secondary N) is 1. The Morgan fingerprint density at radius 2 is 1.60 bits per heavy atom. The zero-order valence-electron chi connectivity index (χ0n) is 17.7. The average molecular weight is 468 g/mol. The van der Waals surface area contributed by atoms with Crippen molar-refractivity contribution in [1.82, 2.24) is 0 Å². The first-order valence-electron chi connectivity index (χ1n) is 10.6. The Morgan fingerprint density at radius 1 is 0.900 bits per heavy atom. The number of ether oxygens (including phenoxy) is 2. The molecule has 1 heterocycles. The summed E-state index contributed by atoms with van der Waals surface area (Å²) in [5.74, 6) is 0. The lowest BCUT2D eigenvalue weighted by atomic mass is 10.1. The number of anilines is 2. The van der Waals surface area contributed by atoms with Crippen molar-refractivity contribution in [2.75, 3.05) is 18.5 Å². The van der Waals surface area contributed by atoms with Crippen LogP contribution in [0.3, 0.4) is 0 Å². The highest BCUT2D eigenvalue weighted by Crippen LogP contribution is 2.24. The summed E-state index contributed by atoms with van der Waals surface area (Å²) >= 11 is 3.37. The second kappa shape index (κ2) is 11.9. The first kappa shape index (κ1) is 22.5. The molecule has 1 aliphatic heterocycles. The van der Waals surface area contributed by atoms with Gasteiger partial charge in [0, 0.05) is 21.4 Å². The lowest BCUT2D eigenvalue weighted by Gasteiger charge is -2.08. The highest BCUT2D eigenvalue weighted by molar-refractivity contribution is 9.10. The van der Waals surface area contributed by atoms with Gasteiger partial charge in [0.1, 0.15) is 0 Å². The fourth-order valence-corrected chi connectivity index (χ4v) is 3.46. The summed E-state index contributed by atoms with van der Waals surface area (Å²) in [5, 5.41) is 3.43. The lowest BCUT2D eigenvalue weighted by molar-refractivity contribution is -0.0441. The maximum atomic E-state index is 5.34. The quantitative estimate of drug-likeness (QED) is 0.405. The molecule has 3 aromatic rings. The van der Waals surface area contributed by atoms with E-state index >= 15 is 0 Å². The van der Waals surface area contributed by atoms with Crippen LogP contribution >= 0.6 is 15.9 Å². The predicted octanol–water partition coefficient (Wildman–Crippen LogP) is 7.58. The molecular formula is C26H30BrNO2. The minimum atomic E-state index is -0.155. The van der Waals surface area contributed by atoms with Crippen LogP contribution in [0.1, 0.15) is 42.7 Å². The van der Waals surface area contributed by atoms with Crippen LogP contribution in [0.4, 0.5) is 11.4 Å². The number of unbranched alkanes of at least 4 members (excludes halogenated alkanes) is 1. The van der Waals surface area contributed by atoms with Gasteiger partial charge in [-0.3, -0.25) is 0 Å². The molecule has 1 N–H and O–H groups in total. The Kier molecular flexibility index (Phi) is 8.94. The van der Waals surface area contributed by atoms with Gasteiger partial charge in [-0.2, -0.15) is 0 Å². The highest BCUT2D eigenvalue weighted by Gasteiger charge is 2.17. The first-order valence-corrected chi connectivity index (χ1v) is 11.3. The molecule has 0 radical (unpaired) electrons. The predicted molar refractivity (Wildman–Crippen MR) is 128 cm³/mol. The highest BCUT2D eigenvalue weighted by atomic mass is 79.9. The molecule has 0 atom stereocenters. The molecule has 1 aliphatic rings. The van der Waals surface area contributed by atoms with E-state index in [0.29, 0.717) is 13.2 Å². The zero-order valence-corrected chi connectivity index (χ0v) is 19.3. The summed E-state index contributed by atoms with van der Waals surface area (Å²) in [6.45, 7) is 5.73. The molecule has 4 rings (SSSR count). The molecule has 30 heavy (non-hydrogen) atoms. The maximum Gasteiger partial charge on any atom is 0.184 e. The van der Waals surface area contributed by atoms with Crippen LogP contribution in [0.2, 0.25) is 0 Å². The van der Waals surface area contributed by atoms with Gasteiger partial charge in [-0.25, -0.2) is 0 Å². The normalized spacial score (nSPS) is 13.6. The molecule has 3 aromatic carbocycles. The molecule has 0 amide bonds. The van der Waals surface area contributed by atoms with E-state index in [2.05, 4.69) is 83.6 Å². The molecule has 1 saturated heterocycles. The van der Waals surface area contributed by atoms with E-state index in [1.165, 1.54) is 30.4 Å². The topological polar surface area (TPSA) is 30.5 Å². The van der Waals surface area contributed by atoms with Crippen molar-refractivity contribution in [3.05, 3.63) is 94.0 Å². The van der Waals surface area contributed by atoms with Gasteiger partial charge in [-0.15, -0.1) is 0 Å². The molecule has 0 spiro atoms. The SMILES string of the molecule is Brc1ccc(C2OCCO2)cc1.CCCCc1ccc(Nc2cccc(C)c2)cc1. The lowest BCUT2D eigenvalue weighted by Crippen LogP contribution is -1.96. The summed E-state index contributed by atoms with van der Waals surface area (Å²) in [5.41, 5.74) is 6.08. The molecular weight excluding hydrogens is 438 g/mol. The third kappa shape index (κ3) is 7.28. The van der Waals surface area contributed by atoms with Crippen LogP contribution < -0.4 is 5.32 Å². The Labute approximate surface area is 188 Å². The summed E-state index contributed by atoms with van der Waals surface area (Å²) in [6.07, 6.45) is 3.55. The summed E-state index contributed by atoms with van der Waals surface area (Å²) in [7, 11) is 0. The molecule has 0 aromatic heterocycles. The molecule has 0 aliphatic carbocycles. The van der Waals surface area contributed by atoms with Gasteiger partial charge in [0.05, 0.1) is 13.2 Å². The fraction of sp³-hybridized carbons (Fsp3) is 0.308. The monoisotopic (exact) mass is 467 g/mol. The Hall–Kier alpha value is -2.14. The Bertz CT molecular complexity index is 888. The van der Waals surface area contributed by atoms with Crippen LogP contribution in [0.5, 0.6) is 0 Å². The van der Waals surface area contributed by atoms with Gasteiger partial charge in [0.15, 0.2) is 6.29 Å². The van der Waals surface area contributed by atoms with Gasteiger partial charge < -0.3 is 14.8 Å². The van der Waals surface area contributed by atoms with Crippen LogP contribution in [0.15, 0.2) is 77.3 Å². The smallest absolute Gasteiger partial charge is 0.184 e. The van der Waals surface area contributed by atoms with Crippen LogP contribution in [-0.2, 0) is 15.9 Å². The van der Waals surface area contributed by atoms with E-state index in [1.807, 2.05) is 24.3 Å². The third-order valence-electron chi connectivity index (χ3n) is 4.84. The Morgan fingerprint density at radius 3 is 2.23 bits per heavy atom. The van der Waals surface area contributed by atoms with Crippen molar-refractivity contribution in [1.29, 1.82) is 0 Å². The fourth-order valence-electron chi connectivity index (χ4n) is 3.20. The molecule has 1 fully saturated rings. The van der Waals surface area contributed by atoms with E-state index in [9.17, 15) is 0 Å². The first-order chi connectivity index (χ1) is 14.6. The van der Waals surface area contributed by atoms with E-state index in [1.54, 1.807) is 0 Å². The number of benzene rings is 3. The van der Waals surface area contributed by atoms with Gasteiger partial charge >= 0.3 is 0 Å². The number of hydrogen-bond donors (Lipinski definition) is 1. The van der Waals surface area contributed by atoms with E-state index in [0.717, 1.165) is 21.4 Å². The zero-order chi connectivity index (χ0) is 21.2. The minimum Gasteiger partial charge on any atom is -0.356 e. The van der Waals surface area contributed by atoms with E-state index < -0.39 is 0 Å². The number of hydrogen-bond acceptors (Lipinski definition) is 3. The number of halogens is 1. The van der Waals surface area contributed by atoms with Crippen LogP contribution in [0, 0.1) is 6.92 Å². The number of rotatable bonds is 6. The summed E-state index contributed by atoms with van der Waals surface area (Å²) in [6, 6.07) is 25.2. The van der Waals surface area contributed by atoms with E-state index in [-0.39, 0.29) is 6.29 Å². The summed E-state index contributed by atoms with van der Waals surface area (Å²) < 4.78 is 11.8. The molecule has 3 nitrogen and oxygen atoms in total. The minimum absolute atomic E-state index is 0.155. The summed E-state index contributed by atoms with van der Waals surface area (Å²) in [4.78, 5) is 0.